The summed E-state index contributed by atoms with van der Waals surface area (Å²) >= 11 is 0. The summed E-state index contributed by atoms with van der Waals surface area (Å²) in [6.07, 6.45) is 8.71. The molecule has 0 aliphatic rings. The van der Waals surface area contributed by atoms with Crippen LogP contribution in [-0.2, 0) is 6.54 Å². The predicted octanol–water partition coefficient (Wildman–Crippen LogP) is 2.86. The number of rotatable bonds is 7. The van der Waals surface area contributed by atoms with Crippen LogP contribution in [0.2, 0.25) is 0 Å². The van der Waals surface area contributed by atoms with E-state index >= 15 is 0 Å². The Balaban J connectivity index is 2.12. The monoisotopic (exact) mass is 196 g/mol. The second-order valence-corrected chi connectivity index (χ2v) is 3.44. The Morgan fingerprint density at radius 3 is 2.79 bits per heavy atom. The minimum Gasteiger partial charge on any atom is -0.490 e. The molecule has 80 valence electrons. The molecular weight excluding hydrogens is 176 g/mol. The quantitative estimate of drug-likeness (QED) is 0.627. The standard InChI is InChI=1S/C11H20N2O/c1-3-5-6-7-8-14-11-9-12-13(4-2)10-11/h9-10H,3-8H2,1-2H3. The van der Waals surface area contributed by atoms with Crippen LogP contribution in [0.3, 0.4) is 0 Å². The third kappa shape index (κ3) is 3.81. The van der Waals surface area contributed by atoms with Crippen LogP contribution in [0.1, 0.15) is 39.5 Å². The van der Waals surface area contributed by atoms with E-state index in [1.54, 1.807) is 6.20 Å². The summed E-state index contributed by atoms with van der Waals surface area (Å²) in [5, 5.41) is 4.14. The van der Waals surface area contributed by atoms with Crippen LogP contribution in [0, 0.1) is 0 Å². The fourth-order valence-electron chi connectivity index (χ4n) is 1.31. The number of hydrogen-bond acceptors (Lipinski definition) is 2. The van der Waals surface area contributed by atoms with Gasteiger partial charge in [-0.3, -0.25) is 4.68 Å². The van der Waals surface area contributed by atoms with Crippen LogP contribution in [-0.4, -0.2) is 16.4 Å². The summed E-state index contributed by atoms with van der Waals surface area (Å²) in [4.78, 5) is 0. The highest BCUT2D eigenvalue weighted by Crippen LogP contribution is 2.09. The van der Waals surface area contributed by atoms with Gasteiger partial charge in [0.05, 0.1) is 19.0 Å². The van der Waals surface area contributed by atoms with E-state index in [0.717, 1.165) is 25.3 Å². The van der Waals surface area contributed by atoms with Crippen LogP contribution in [0.25, 0.3) is 0 Å². The highest BCUT2D eigenvalue weighted by Gasteiger charge is 1.96. The van der Waals surface area contributed by atoms with Gasteiger partial charge in [0.25, 0.3) is 0 Å². The molecular formula is C11H20N2O. The number of nitrogens with zero attached hydrogens (tertiary/aromatic N) is 2. The normalized spacial score (nSPS) is 10.4. The molecule has 3 heteroatoms. The van der Waals surface area contributed by atoms with E-state index in [2.05, 4.69) is 18.9 Å². The highest BCUT2D eigenvalue weighted by molar-refractivity contribution is 5.11. The van der Waals surface area contributed by atoms with Crippen molar-refractivity contribution < 1.29 is 4.74 Å². The average molecular weight is 196 g/mol. The number of hydrogen-bond donors (Lipinski definition) is 0. The van der Waals surface area contributed by atoms with E-state index in [1.165, 1.54) is 19.3 Å². The van der Waals surface area contributed by atoms with E-state index in [4.69, 9.17) is 4.74 Å². The number of aryl methyl sites for hydroxylation is 1. The fourth-order valence-corrected chi connectivity index (χ4v) is 1.31. The zero-order valence-electron chi connectivity index (χ0n) is 9.20. The number of aromatic nitrogens is 2. The average Bonchev–Trinajstić information content (AvgIpc) is 2.65. The van der Waals surface area contributed by atoms with Gasteiger partial charge in [0, 0.05) is 6.54 Å². The van der Waals surface area contributed by atoms with Gasteiger partial charge in [-0.2, -0.15) is 5.10 Å². The van der Waals surface area contributed by atoms with Crippen molar-refractivity contribution in [3.8, 4) is 5.75 Å². The van der Waals surface area contributed by atoms with Gasteiger partial charge >= 0.3 is 0 Å². The first-order valence-electron chi connectivity index (χ1n) is 5.52. The van der Waals surface area contributed by atoms with Crippen LogP contribution < -0.4 is 4.74 Å². The summed E-state index contributed by atoms with van der Waals surface area (Å²) in [5.74, 6) is 0.892. The summed E-state index contributed by atoms with van der Waals surface area (Å²) in [6, 6.07) is 0. The molecule has 3 nitrogen and oxygen atoms in total. The second-order valence-electron chi connectivity index (χ2n) is 3.44. The summed E-state index contributed by atoms with van der Waals surface area (Å²) in [6.45, 7) is 6.00. The third-order valence-electron chi connectivity index (χ3n) is 2.20. The molecule has 1 rings (SSSR count). The SMILES string of the molecule is CCCCCCOc1cnn(CC)c1. The van der Waals surface area contributed by atoms with Crippen LogP contribution in [0.5, 0.6) is 5.75 Å². The molecule has 0 amide bonds. The highest BCUT2D eigenvalue weighted by atomic mass is 16.5. The number of ether oxygens (including phenoxy) is 1. The maximum Gasteiger partial charge on any atom is 0.157 e. The van der Waals surface area contributed by atoms with Gasteiger partial charge in [-0.25, -0.2) is 0 Å². The molecule has 14 heavy (non-hydrogen) atoms. The molecule has 1 aromatic heterocycles. The maximum atomic E-state index is 5.55. The molecule has 1 aromatic rings. The third-order valence-corrected chi connectivity index (χ3v) is 2.20. The molecule has 0 bridgehead atoms. The molecule has 0 aliphatic carbocycles. The van der Waals surface area contributed by atoms with Crippen molar-refractivity contribution >= 4 is 0 Å². The van der Waals surface area contributed by atoms with Crippen LogP contribution in [0.4, 0.5) is 0 Å². The molecule has 1 heterocycles. The molecule has 0 saturated carbocycles. The summed E-state index contributed by atoms with van der Waals surface area (Å²) in [7, 11) is 0. The Morgan fingerprint density at radius 1 is 1.29 bits per heavy atom. The molecule has 0 aromatic carbocycles. The number of unbranched alkanes of at least 4 members (excludes halogenated alkanes) is 3. The van der Waals surface area contributed by atoms with Gasteiger partial charge in [-0.05, 0) is 13.3 Å². The molecule has 0 aliphatic heterocycles. The van der Waals surface area contributed by atoms with Crippen molar-refractivity contribution in [2.45, 2.75) is 46.1 Å². The zero-order chi connectivity index (χ0) is 10.2. The van der Waals surface area contributed by atoms with Gasteiger partial charge in [-0.15, -0.1) is 0 Å². The van der Waals surface area contributed by atoms with E-state index in [9.17, 15) is 0 Å². The lowest BCUT2D eigenvalue weighted by atomic mass is 10.2. The van der Waals surface area contributed by atoms with E-state index < -0.39 is 0 Å². The van der Waals surface area contributed by atoms with E-state index in [0.29, 0.717) is 0 Å². The smallest absolute Gasteiger partial charge is 0.157 e. The minimum absolute atomic E-state index is 0.815. The first-order valence-corrected chi connectivity index (χ1v) is 5.52. The van der Waals surface area contributed by atoms with Crippen LogP contribution in [0.15, 0.2) is 12.4 Å². The van der Waals surface area contributed by atoms with Gasteiger partial charge < -0.3 is 4.74 Å². The molecule has 0 saturated heterocycles. The molecule has 0 N–H and O–H groups in total. The minimum atomic E-state index is 0.815. The lowest BCUT2D eigenvalue weighted by molar-refractivity contribution is 0.304. The first-order chi connectivity index (χ1) is 6.86. The van der Waals surface area contributed by atoms with Crippen molar-refractivity contribution in [3.63, 3.8) is 0 Å². The second kappa shape index (κ2) is 6.46. The Kier molecular flexibility index (Phi) is 5.12. The summed E-state index contributed by atoms with van der Waals surface area (Å²) < 4.78 is 7.43. The Bertz CT molecular complexity index is 245. The zero-order valence-corrected chi connectivity index (χ0v) is 9.20. The van der Waals surface area contributed by atoms with Crippen molar-refractivity contribution in [2.75, 3.05) is 6.61 Å². The molecule has 0 unspecified atom stereocenters. The Morgan fingerprint density at radius 2 is 2.14 bits per heavy atom. The maximum absolute atomic E-state index is 5.55. The van der Waals surface area contributed by atoms with Gasteiger partial charge in [0.15, 0.2) is 5.75 Å². The lowest BCUT2D eigenvalue weighted by Gasteiger charge is -2.01. The van der Waals surface area contributed by atoms with E-state index in [-0.39, 0.29) is 0 Å². The van der Waals surface area contributed by atoms with Crippen molar-refractivity contribution in [3.05, 3.63) is 12.4 Å². The Labute approximate surface area is 86.1 Å². The van der Waals surface area contributed by atoms with Crippen LogP contribution >= 0.6 is 0 Å². The first kappa shape index (κ1) is 11.1. The molecule has 0 fully saturated rings. The van der Waals surface area contributed by atoms with Gasteiger partial charge in [-0.1, -0.05) is 26.2 Å². The lowest BCUT2D eigenvalue weighted by Crippen LogP contribution is -1.96. The predicted molar refractivity (Wildman–Crippen MR) is 57.5 cm³/mol. The largest absolute Gasteiger partial charge is 0.490 e. The Hall–Kier alpha value is -0.990. The van der Waals surface area contributed by atoms with Gasteiger partial charge in [0.2, 0.25) is 0 Å². The molecule has 0 atom stereocenters. The van der Waals surface area contributed by atoms with Crippen molar-refractivity contribution in [2.24, 2.45) is 0 Å². The summed E-state index contributed by atoms with van der Waals surface area (Å²) in [5.41, 5.74) is 0. The fraction of sp³-hybridized carbons (Fsp3) is 0.727. The topological polar surface area (TPSA) is 27.1 Å². The molecule has 0 spiro atoms. The van der Waals surface area contributed by atoms with E-state index in [1.807, 2.05) is 10.9 Å². The van der Waals surface area contributed by atoms with Crippen molar-refractivity contribution in [1.29, 1.82) is 0 Å². The van der Waals surface area contributed by atoms with Crippen molar-refractivity contribution in [1.82, 2.24) is 9.78 Å². The molecule has 0 radical (unpaired) electrons. The van der Waals surface area contributed by atoms with Gasteiger partial charge in [0.1, 0.15) is 0 Å².